The molecule has 4 atom stereocenters. The monoisotopic (exact) mass is 594 g/mol. The Bertz CT molecular complexity index is 1230. The van der Waals surface area contributed by atoms with E-state index in [4.69, 9.17) is 20.1 Å². The number of benzene rings is 1. The van der Waals surface area contributed by atoms with E-state index in [-0.39, 0.29) is 35.0 Å². The molecule has 1 aromatic heterocycles. The highest BCUT2D eigenvalue weighted by atomic mass is 79.9. The van der Waals surface area contributed by atoms with Crippen LogP contribution in [0, 0.1) is 11.7 Å². The molecule has 38 heavy (non-hydrogen) atoms. The number of hydrogen-bond donors (Lipinski definition) is 3. The number of nitrogens with zero attached hydrogens (tertiary/aromatic N) is 1. The minimum Gasteiger partial charge on any atom is -0.466 e. The molecule has 2 fully saturated rings. The molecule has 204 valence electrons. The van der Waals surface area contributed by atoms with Gasteiger partial charge in [0.1, 0.15) is 17.4 Å². The van der Waals surface area contributed by atoms with Crippen molar-refractivity contribution in [1.82, 2.24) is 10.3 Å². The van der Waals surface area contributed by atoms with Crippen molar-refractivity contribution in [2.24, 2.45) is 11.7 Å². The summed E-state index contributed by atoms with van der Waals surface area (Å²) in [5, 5.41) is 5.40. The van der Waals surface area contributed by atoms with Crippen LogP contribution in [0.25, 0.3) is 0 Å². The predicted molar refractivity (Wildman–Crippen MR) is 136 cm³/mol. The summed E-state index contributed by atoms with van der Waals surface area (Å²) >= 11 is 3.28. The van der Waals surface area contributed by atoms with Crippen LogP contribution in [0.3, 0.4) is 0 Å². The Morgan fingerprint density at radius 1 is 1.32 bits per heavy atom. The Morgan fingerprint density at radius 3 is 2.74 bits per heavy atom. The lowest BCUT2D eigenvalue weighted by atomic mass is 9.87. The number of amides is 2. The van der Waals surface area contributed by atoms with Crippen LogP contribution in [0.2, 0.25) is 0 Å². The molecule has 1 saturated heterocycles. The minimum absolute atomic E-state index is 0.00135. The van der Waals surface area contributed by atoms with Gasteiger partial charge in [0, 0.05) is 34.6 Å². The zero-order valence-electron chi connectivity index (χ0n) is 21.0. The number of aromatic nitrogens is 1. The number of nitrogens with one attached hydrogen (secondary N) is 2. The Labute approximate surface area is 226 Å². The highest BCUT2D eigenvalue weighted by Gasteiger charge is 2.55. The molecule has 1 aliphatic heterocycles. The molecule has 1 aliphatic carbocycles. The van der Waals surface area contributed by atoms with Crippen molar-refractivity contribution in [3.63, 3.8) is 0 Å². The summed E-state index contributed by atoms with van der Waals surface area (Å²) in [6, 6.07) is 4.99. The molecule has 0 radical (unpaired) electrons. The van der Waals surface area contributed by atoms with E-state index in [9.17, 15) is 14.4 Å². The van der Waals surface area contributed by atoms with Gasteiger partial charge in [0.05, 0.1) is 5.56 Å². The topological polar surface area (TPSA) is 151 Å². The largest absolute Gasteiger partial charge is 0.466 e. The maximum absolute atomic E-state index is 15.1. The molecule has 1 aromatic carbocycles. The molecular formula is C25H28BrFN4O7. The number of carbonyl (C=O) groups is 3. The van der Waals surface area contributed by atoms with Crippen molar-refractivity contribution in [1.29, 1.82) is 0 Å². The van der Waals surface area contributed by atoms with Crippen molar-refractivity contribution < 1.29 is 38.0 Å². The standard InChI is InChI=1S/C25H28BrFN4O7/c1-4-18(32)14-6-7-16(27)20(15-9-17(15)30-24(34)31-19-8-5-13(26)10-29-19)21(14)35-11-36-23-25(28,12(2)3)22(33)37-38-23/h5-8,10,12,15,17,23H,4,9,11,28H2,1-3H3,(H2,29,30,31,34)/t15-,17+,23+,25-/m0/s1. The van der Waals surface area contributed by atoms with E-state index in [0.29, 0.717) is 12.2 Å². The summed E-state index contributed by atoms with van der Waals surface area (Å²) in [6.07, 6.45) is 0.849. The fourth-order valence-electron chi connectivity index (χ4n) is 4.09. The van der Waals surface area contributed by atoms with E-state index < -0.39 is 48.4 Å². The maximum Gasteiger partial charge on any atom is 0.367 e. The number of nitrogens with two attached hydrogens (primary N) is 1. The summed E-state index contributed by atoms with van der Waals surface area (Å²) in [6.45, 7) is 4.58. The number of urea groups is 1. The zero-order valence-corrected chi connectivity index (χ0v) is 22.5. The van der Waals surface area contributed by atoms with Gasteiger partial charge in [-0.15, -0.1) is 0 Å². The SMILES string of the molecule is CCC(=O)c1ccc(F)c([C@H]2C[C@H]2NC(=O)Nc2ccc(Br)cn2)c1OCO[C@@H]1OOC(=O)[C@@]1(N)C(C)C. The molecule has 11 nitrogen and oxygen atoms in total. The number of hydrogen-bond acceptors (Lipinski definition) is 9. The van der Waals surface area contributed by atoms with Crippen LogP contribution in [-0.4, -0.2) is 47.4 Å². The van der Waals surface area contributed by atoms with Gasteiger partial charge in [-0.05, 0) is 52.5 Å². The molecule has 0 bridgehead atoms. The molecule has 2 aliphatic rings. The summed E-state index contributed by atoms with van der Waals surface area (Å²) in [5.74, 6) is -2.14. The summed E-state index contributed by atoms with van der Waals surface area (Å²) < 4.78 is 27.2. The molecule has 13 heteroatoms. The first-order valence-electron chi connectivity index (χ1n) is 12.0. The average Bonchev–Trinajstić information content (AvgIpc) is 3.56. The van der Waals surface area contributed by atoms with Crippen LogP contribution >= 0.6 is 15.9 Å². The van der Waals surface area contributed by atoms with E-state index in [2.05, 4.69) is 36.4 Å². The smallest absolute Gasteiger partial charge is 0.367 e. The van der Waals surface area contributed by atoms with Crippen LogP contribution in [0.5, 0.6) is 5.75 Å². The second-order valence-corrected chi connectivity index (χ2v) is 10.3. The average molecular weight is 595 g/mol. The Morgan fingerprint density at radius 2 is 2.08 bits per heavy atom. The Balaban J connectivity index is 1.48. The van der Waals surface area contributed by atoms with E-state index in [1.54, 1.807) is 39.1 Å². The third kappa shape index (κ3) is 5.65. The van der Waals surface area contributed by atoms with Crippen molar-refractivity contribution in [2.45, 2.75) is 57.4 Å². The molecule has 0 unspecified atom stereocenters. The summed E-state index contributed by atoms with van der Waals surface area (Å²) in [5.41, 5.74) is 4.90. The van der Waals surface area contributed by atoms with Gasteiger partial charge in [0.15, 0.2) is 18.1 Å². The summed E-state index contributed by atoms with van der Waals surface area (Å²) in [7, 11) is 0. The van der Waals surface area contributed by atoms with Crippen LogP contribution in [0.1, 0.15) is 55.5 Å². The number of ketones is 1. The fourth-order valence-corrected chi connectivity index (χ4v) is 4.33. The van der Waals surface area contributed by atoms with Crippen molar-refractivity contribution >= 4 is 39.5 Å². The first-order chi connectivity index (χ1) is 18.1. The molecule has 0 spiro atoms. The molecule has 2 amide bonds. The van der Waals surface area contributed by atoms with Crippen LogP contribution in [0.4, 0.5) is 15.0 Å². The van der Waals surface area contributed by atoms with Gasteiger partial charge in [-0.1, -0.05) is 20.8 Å². The second kappa shape index (κ2) is 11.3. The molecular weight excluding hydrogens is 567 g/mol. The van der Waals surface area contributed by atoms with Gasteiger partial charge in [-0.3, -0.25) is 15.0 Å². The number of rotatable bonds is 10. The number of halogens is 2. The Kier molecular flexibility index (Phi) is 8.31. The van der Waals surface area contributed by atoms with Gasteiger partial charge in [-0.25, -0.2) is 19.0 Å². The number of carbonyl (C=O) groups excluding carboxylic acids is 3. The van der Waals surface area contributed by atoms with Crippen molar-refractivity contribution in [3.8, 4) is 5.75 Å². The minimum atomic E-state index is -1.57. The lowest BCUT2D eigenvalue weighted by Gasteiger charge is -2.27. The van der Waals surface area contributed by atoms with Gasteiger partial charge >= 0.3 is 12.0 Å². The van der Waals surface area contributed by atoms with E-state index in [1.807, 2.05) is 0 Å². The highest BCUT2D eigenvalue weighted by Crippen LogP contribution is 2.47. The maximum atomic E-state index is 15.1. The van der Waals surface area contributed by atoms with Gasteiger partial charge < -0.3 is 20.5 Å². The Hall–Kier alpha value is -3.13. The molecule has 4 rings (SSSR count). The van der Waals surface area contributed by atoms with Crippen molar-refractivity contribution in [3.05, 3.63) is 51.9 Å². The van der Waals surface area contributed by atoms with Crippen molar-refractivity contribution in [2.75, 3.05) is 12.1 Å². The molecule has 2 heterocycles. The molecule has 4 N–H and O–H groups in total. The first kappa shape index (κ1) is 27.9. The predicted octanol–water partition coefficient (Wildman–Crippen LogP) is 3.77. The van der Waals surface area contributed by atoms with Crippen LogP contribution in [0.15, 0.2) is 34.9 Å². The third-order valence-corrected chi connectivity index (χ3v) is 7.01. The van der Waals surface area contributed by atoms with E-state index in [0.717, 1.165) is 4.47 Å². The lowest BCUT2D eigenvalue weighted by molar-refractivity contribution is -0.327. The fraction of sp³-hybridized carbons (Fsp3) is 0.440. The van der Waals surface area contributed by atoms with E-state index >= 15 is 4.39 Å². The molecule has 1 saturated carbocycles. The third-order valence-electron chi connectivity index (χ3n) is 6.54. The number of ether oxygens (including phenoxy) is 2. The number of Topliss-reactive ketones (excluding diaryl/α,β-unsaturated/α-hetero) is 1. The van der Waals surface area contributed by atoms with Gasteiger partial charge in [0.25, 0.3) is 0 Å². The van der Waals surface area contributed by atoms with Gasteiger partial charge in [0.2, 0.25) is 6.29 Å². The van der Waals surface area contributed by atoms with Crippen LogP contribution in [-0.2, 0) is 19.3 Å². The normalized spacial score (nSPS) is 24.2. The zero-order chi connectivity index (χ0) is 27.6. The van der Waals surface area contributed by atoms with Crippen LogP contribution < -0.4 is 21.1 Å². The summed E-state index contributed by atoms with van der Waals surface area (Å²) in [4.78, 5) is 50.8. The van der Waals surface area contributed by atoms with Gasteiger partial charge in [-0.2, -0.15) is 4.89 Å². The quantitative estimate of drug-likeness (QED) is 0.212. The second-order valence-electron chi connectivity index (χ2n) is 9.34. The number of anilines is 1. The molecule has 2 aromatic rings. The first-order valence-corrected chi connectivity index (χ1v) is 12.8. The number of pyridine rings is 1. The lowest BCUT2D eigenvalue weighted by Crippen LogP contribution is -2.58. The highest BCUT2D eigenvalue weighted by molar-refractivity contribution is 9.10. The van der Waals surface area contributed by atoms with E-state index in [1.165, 1.54) is 12.1 Å².